The van der Waals surface area contributed by atoms with Crippen LogP contribution in [0.2, 0.25) is 0 Å². The molecule has 0 radical (unpaired) electrons. The lowest BCUT2D eigenvalue weighted by molar-refractivity contribution is -0.366. The molecule has 1 N–H and O–H groups in total. The van der Waals surface area contributed by atoms with Crippen LogP contribution in [0, 0.1) is 0 Å². The van der Waals surface area contributed by atoms with Crippen molar-refractivity contribution in [3.05, 3.63) is 66.1 Å². The Balaban J connectivity index is 2.16. The number of benzene rings is 1. The fraction of sp³-hybridized carbons (Fsp3) is 0.188. The second-order valence-corrected chi connectivity index (χ2v) is 5.26. The fourth-order valence-corrected chi connectivity index (χ4v) is 2.62. The summed E-state index contributed by atoms with van der Waals surface area (Å²) < 4.78 is 44.5. The Labute approximate surface area is 139 Å². The predicted octanol–water partition coefficient (Wildman–Crippen LogP) is 2.79. The van der Waals surface area contributed by atoms with Crippen molar-refractivity contribution in [2.75, 3.05) is 0 Å². The number of hydrogen-bond donors (Lipinski definition) is 1. The molecule has 0 saturated carbocycles. The second kappa shape index (κ2) is 6.17. The molecule has 1 unspecified atom stereocenters. The van der Waals surface area contributed by atoms with Crippen molar-refractivity contribution in [3.8, 4) is 0 Å². The van der Waals surface area contributed by atoms with Gasteiger partial charge in [0.05, 0.1) is 6.20 Å². The smallest absolute Gasteiger partial charge is 0.479 e. The molecule has 1 atom stereocenters. The maximum Gasteiger partial charge on any atom is 0.523 e. The summed E-state index contributed by atoms with van der Waals surface area (Å²) in [6.45, 7) is 0. The van der Waals surface area contributed by atoms with Gasteiger partial charge in [-0.2, -0.15) is 5.10 Å². The monoisotopic (exact) mass is 351 g/mol. The summed E-state index contributed by atoms with van der Waals surface area (Å²) >= 11 is 0. The van der Waals surface area contributed by atoms with Crippen molar-refractivity contribution in [1.82, 2.24) is 14.6 Å². The molecule has 0 saturated heterocycles. The molecule has 25 heavy (non-hydrogen) atoms. The molecule has 1 aromatic carbocycles. The maximum absolute atomic E-state index is 13.0. The van der Waals surface area contributed by atoms with Gasteiger partial charge in [-0.1, -0.05) is 30.3 Å². The minimum absolute atomic E-state index is 0.128. The number of fused-ring (bicyclic) bond motifs is 1. The highest BCUT2D eigenvalue weighted by Crippen LogP contribution is 2.37. The molecule has 6 nitrogen and oxygen atoms in total. The van der Waals surface area contributed by atoms with Gasteiger partial charge in [0.2, 0.25) is 5.60 Å². The summed E-state index contributed by atoms with van der Waals surface area (Å²) in [7, 11) is 0. The van der Waals surface area contributed by atoms with Crippen LogP contribution in [-0.2, 0) is 21.6 Å². The quantitative estimate of drug-likeness (QED) is 0.765. The van der Waals surface area contributed by atoms with E-state index < -0.39 is 24.4 Å². The first-order valence-electron chi connectivity index (χ1n) is 7.15. The van der Waals surface area contributed by atoms with Crippen LogP contribution in [0.25, 0.3) is 5.65 Å². The minimum Gasteiger partial charge on any atom is -0.479 e. The molecule has 0 aliphatic heterocycles. The van der Waals surface area contributed by atoms with Crippen molar-refractivity contribution >= 4 is 11.6 Å². The minimum atomic E-state index is -5.15. The van der Waals surface area contributed by atoms with E-state index in [1.807, 2.05) is 0 Å². The summed E-state index contributed by atoms with van der Waals surface area (Å²) in [6.07, 6.45) is -2.95. The van der Waals surface area contributed by atoms with Crippen molar-refractivity contribution < 1.29 is 27.8 Å². The summed E-state index contributed by atoms with van der Waals surface area (Å²) in [6, 6.07) is 9.98. The lowest BCUT2D eigenvalue weighted by Gasteiger charge is -2.30. The summed E-state index contributed by atoms with van der Waals surface area (Å²) in [4.78, 5) is 15.9. The third kappa shape index (κ3) is 3.31. The summed E-state index contributed by atoms with van der Waals surface area (Å²) in [5.41, 5.74) is -2.18. The van der Waals surface area contributed by atoms with Crippen LogP contribution in [0.15, 0.2) is 54.9 Å². The molecule has 0 bridgehead atoms. The Morgan fingerprint density at radius 2 is 1.84 bits per heavy atom. The first kappa shape index (κ1) is 16.9. The third-order valence-electron chi connectivity index (χ3n) is 3.67. The molecule has 0 aliphatic carbocycles. The SMILES string of the molecule is O=C(O)C(Cc1ccnc2ccnn12)(OC(F)(F)F)c1ccccc1. The Morgan fingerprint density at radius 3 is 2.48 bits per heavy atom. The normalized spacial score (nSPS) is 14.4. The average molecular weight is 351 g/mol. The van der Waals surface area contributed by atoms with E-state index in [0.717, 1.165) is 0 Å². The van der Waals surface area contributed by atoms with Crippen LogP contribution >= 0.6 is 0 Å². The second-order valence-electron chi connectivity index (χ2n) is 5.26. The Morgan fingerprint density at radius 1 is 1.12 bits per heavy atom. The van der Waals surface area contributed by atoms with Crippen LogP contribution in [0.4, 0.5) is 13.2 Å². The number of halogens is 3. The lowest BCUT2D eigenvalue weighted by atomic mass is 9.88. The van der Waals surface area contributed by atoms with Crippen molar-refractivity contribution in [2.45, 2.75) is 18.4 Å². The predicted molar refractivity (Wildman–Crippen MR) is 79.6 cm³/mol. The number of aromatic nitrogens is 3. The maximum atomic E-state index is 13.0. The highest BCUT2D eigenvalue weighted by molar-refractivity contribution is 5.80. The molecule has 0 amide bonds. The zero-order valence-electron chi connectivity index (χ0n) is 12.6. The van der Waals surface area contributed by atoms with E-state index >= 15 is 0 Å². The molecule has 2 aromatic heterocycles. The van der Waals surface area contributed by atoms with Gasteiger partial charge >= 0.3 is 12.3 Å². The molecule has 0 aliphatic rings. The molecular formula is C16H12F3N3O3. The fourth-order valence-electron chi connectivity index (χ4n) is 2.62. The topological polar surface area (TPSA) is 76.7 Å². The van der Waals surface area contributed by atoms with Crippen molar-refractivity contribution in [2.24, 2.45) is 0 Å². The van der Waals surface area contributed by atoms with Crippen LogP contribution in [0.5, 0.6) is 0 Å². The van der Waals surface area contributed by atoms with Crippen molar-refractivity contribution in [3.63, 3.8) is 0 Å². The molecule has 9 heteroatoms. The molecule has 0 fully saturated rings. The number of nitrogens with zero attached hydrogens (tertiary/aromatic N) is 3. The van der Waals surface area contributed by atoms with Gasteiger partial charge in [0.15, 0.2) is 5.65 Å². The molecule has 3 rings (SSSR count). The van der Waals surface area contributed by atoms with E-state index in [-0.39, 0.29) is 11.3 Å². The zero-order valence-corrected chi connectivity index (χ0v) is 12.6. The van der Waals surface area contributed by atoms with E-state index in [1.54, 1.807) is 12.1 Å². The van der Waals surface area contributed by atoms with Crippen molar-refractivity contribution in [1.29, 1.82) is 0 Å². The number of carbonyl (C=O) groups is 1. The molecule has 130 valence electrons. The van der Waals surface area contributed by atoms with Gasteiger partial charge in [0.1, 0.15) is 0 Å². The zero-order chi connectivity index (χ0) is 18.1. The number of carboxylic acid groups (broad SMARTS) is 1. The van der Waals surface area contributed by atoms with E-state index in [9.17, 15) is 23.1 Å². The summed E-state index contributed by atoms with van der Waals surface area (Å²) in [5.74, 6) is -1.76. The van der Waals surface area contributed by atoms with Gasteiger partial charge < -0.3 is 5.11 Å². The highest BCUT2D eigenvalue weighted by atomic mass is 19.4. The standard InChI is InChI=1S/C16H12F3N3O3/c17-16(18,19)25-15(14(23)24,11-4-2-1-3-5-11)10-12-6-8-20-13-7-9-21-22(12)13/h1-9H,10H2,(H,23,24). The van der Waals surface area contributed by atoms with Gasteiger partial charge in [0.25, 0.3) is 0 Å². The van der Waals surface area contributed by atoms with Crippen LogP contribution in [0.3, 0.4) is 0 Å². The largest absolute Gasteiger partial charge is 0.523 e. The van der Waals surface area contributed by atoms with Gasteiger partial charge in [-0.25, -0.2) is 14.3 Å². The third-order valence-corrected chi connectivity index (χ3v) is 3.67. The number of ether oxygens (including phenoxy) is 1. The number of rotatable bonds is 5. The van der Waals surface area contributed by atoms with Crippen LogP contribution < -0.4 is 0 Å². The van der Waals surface area contributed by atoms with E-state index in [0.29, 0.717) is 5.65 Å². The molecule has 3 aromatic rings. The van der Waals surface area contributed by atoms with Gasteiger partial charge in [-0.05, 0) is 11.6 Å². The van der Waals surface area contributed by atoms with Gasteiger partial charge in [-0.15, -0.1) is 13.2 Å². The van der Waals surface area contributed by atoms with E-state index in [4.69, 9.17) is 0 Å². The van der Waals surface area contributed by atoms with Gasteiger partial charge in [0, 0.05) is 24.4 Å². The number of aliphatic carboxylic acids is 1. The Kier molecular flexibility index (Phi) is 4.17. The lowest BCUT2D eigenvalue weighted by Crippen LogP contribution is -2.45. The Hall–Kier alpha value is -2.94. The molecule has 0 spiro atoms. The van der Waals surface area contributed by atoms with Crippen LogP contribution in [-0.4, -0.2) is 32.0 Å². The molecular weight excluding hydrogens is 339 g/mol. The van der Waals surface area contributed by atoms with E-state index in [2.05, 4.69) is 14.8 Å². The number of hydrogen-bond acceptors (Lipinski definition) is 4. The van der Waals surface area contributed by atoms with Crippen LogP contribution in [0.1, 0.15) is 11.3 Å². The Bertz CT molecular complexity index is 896. The molecule has 2 heterocycles. The first-order chi connectivity index (χ1) is 11.8. The first-order valence-corrected chi connectivity index (χ1v) is 7.15. The average Bonchev–Trinajstić information content (AvgIpc) is 3.03. The number of carboxylic acids is 1. The highest BCUT2D eigenvalue weighted by Gasteiger charge is 2.51. The van der Waals surface area contributed by atoms with Gasteiger partial charge in [-0.3, -0.25) is 4.74 Å². The number of alkyl halides is 3. The summed E-state index contributed by atoms with van der Waals surface area (Å²) in [5, 5.41) is 13.6. The van der Waals surface area contributed by atoms with E-state index in [1.165, 1.54) is 47.2 Å².